The Labute approximate surface area is 191 Å². The number of likely N-dealkylation sites (N-methyl/N-ethyl adjacent to an activating group) is 1. The lowest BCUT2D eigenvalue weighted by Crippen LogP contribution is -2.34. The third kappa shape index (κ3) is 4.35. The topological polar surface area (TPSA) is 24.9 Å². The minimum Gasteiger partial charge on any atom is -0.496 e. The number of benzene rings is 3. The molecule has 0 aliphatic carbocycles. The zero-order valence-corrected chi connectivity index (χ0v) is 19.6. The van der Waals surface area contributed by atoms with Crippen LogP contribution in [-0.2, 0) is 26.0 Å². The molecule has 0 unspecified atom stereocenters. The van der Waals surface area contributed by atoms with Crippen LogP contribution in [0.5, 0.6) is 11.5 Å². The van der Waals surface area contributed by atoms with Gasteiger partial charge < -0.3 is 14.4 Å². The molecule has 0 radical (unpaired) electrons. The normalized spacial score (nSPS) is 15.2. The summed E-state index contributed by atoms with van der Waals surface area (Å²) in [5.74, 6) is 2.07. The van der Waals surface area contributed by atoms with Crippen LogP contribution in [0.2, 0.25) is 0 Å². The maximum atomic E-state index is 5.56. The molecule has 32 heavy (non-hydrogen) atoms. The van der Waals surface area contributed by atoms with Crippen LogP contribution in [0.15, 0.2) is 42.5 Å². The summed E-state index contributed by atoms with van der Waals surface area (Å²) >= 11 is 0. The summed E-state index contributed by atoms with van der Waals surface area (Å²) in [6, 6.07) is 15.7. The first-order valence-electron chi connectivity index (χ1n) is 11.9. The van der Waals surface area contributed by atoms with E-state index in [1.807, 2.05) is 0 Å². The van der Waals surface area contributed by atoms with Gasteiger partial charge in [0.15, 0.2) is 0 Å². The standard InChI is InChI=1S/C28H34N2O2/c1-20-26-7-5-21(15-23(26)6-8-27(20)31-3)9-13-29(2)11-4-12-30-14-10-22-16-25-19-32-28(25)17-24(22)18-30/h5-8,15-17H,4,9-14,18-19H2,1-3H3. The highest BCUT2D eigenvalue weighted by Gasteiger charge is 2.22. The Morgan fingerprint density at radius 1 is 1.03 bits per heavy atom. The molecule has 2 aliphatic rings. The molecule has 3 aromatic rings. The van der Waals surface area contributed by atoms with Gasteiger partial charge in [-0.3, -0.25) is 4.90 Å². The van der Waals surface area contributed by atoms with Crippen LogP contribution < -0.4 is 9.47 Å². The molecule has 0 aromatic heterocycles. The second-order valence-electron chi connectivity index (χ2n) is 9.40. The number of nitrogens with zero attached hydrogens (tertiary/aromatic N) is 2. The predicted molar refractivity (Wildman–Crippen MR) is 131 cm³/mol. The molecule has 0 fully saturated rings. The van der Waals surface area contributed by atoms with Crippen LogP contribution in [-0.4, -0.2) is 50.1 Å². The Balaban J connectivity index is 1.09. The molecule has 0 saturated carbocycles. The monoisotopic (exact) mass is 430 g/mol. The average molecular weight is 431 g/mol. The van der Waals surface area contributed by atoms with Gasteiger partial charge in [-0.05, 0) is 97.5 Å². The Kier molecular flexibility index (Phi) is 6.07. The number of fused-ring (bicyclic) bond motifs is 3. The zero-order chi connectivity index (χ0) is 22.1. The number of methoxy groups -OCH3 is 1. The zero-order valence-electron chi connectivity index (χ0n) is 19.6. The van der Waals surface area contributed by atoms with Crippen molar-refractivity contribution in [3.8, 4) is 11.5 Å². The van der Waals surface area contributed by atoms with Crippen LogP contribution in [0.3, 0.4) is 0 Å². The quantitative estimate of drug-likeness (QED) is 0.504. The second kappa shape index (κ2) is 9.13. The Hall–Kier alpha value is -2.56. The molecule has 0 saturated heterocycles. The summed E-state index contributed by atoms with van der Waals surface area (Å²) in [5.41, 5.74) is 7.01. The summed E-state index contributed by atoms with van der Waals surface area (Å²) in [5, 5.41) is 2.58. The molecule has 2 aliphatic heterocycles. The molecule has 3 aromatic carbocycles. The highest BCUT2D eigenvalue weighted by molar-refractivity contribution is 5.88. The molecule has 0 atom stereocenters. The number of ether oxygens (including phenoxy) is 2. The summed E-state index contributed by atoms with van der Waals surface area (Å²) in [7, 11) is 3.99. The molecular weight excluding hydrogens is 396 g/mol. The lowest BCUT2D eigenvalue weighted by molar-refractivity contribution is 0.223. The maximum Gasteiger partial charge on any atom is 0.126 e. The molecular formula is C28H34N2O2. The van der Waals surface area contributed by atoms with E-state index < -0.39 is 0 Å². The van der Waals surface area contributed by atoms with Gasteiger partial charge in [-0.25, -0.2) is 0 Å². The highest BCUT2D eigenvalue weighted by atomic mass is 16.5. The Bertz CT molecular complexity index is 1120. The maximum absolute atomic E-state index is 5.56. The smallest absolute Gasteiger partial charge is 0.126 e. The van der Waals surface area contributed by atoms with Gasteiger partial charge >= 0.3 is 0 Å². The first-order chi connectivity index (χ1) is 15.6. The SMILES string of the molecule is COc1ccc2cc(CCN(C)CCCN3CCc4cc5c(cc4C3)OC5)ccc2c1C. The van der Waals surface area contributed by atoms with Gasteiger partial charge in [0.1, 0.15) is 18.1 Å². The molecule has 5 rings (SSSR count). The molecule has 0 amide bonds. The van der Waals surface area contributed by atoms with Crippen molar-refractivity contribution in [3.05, 3.63) is 70.3 Å². The number of hydrogen-bond acceptors (Lipinski definition) is 4. The van der Waals surface area contributed by atoms with E-state index in [9.17, 15) is 0 Å². The molecule has 0 spiro atoms. The van der Waals surface area contributed by atoms with Crippen LogP contribution in [0.4, 0.5) is 0 Å². The third-order valence-electron chi connectivity index (χ3n) is 7.18. The summed E-state index contributed by atoms with van der Waals surface area (Å²) in [4.78, 5) is 5.07. The molecule has 4 nitrogen and oxygen atoms in total. The van der Waals surface area contributed by atoms with E-state index in [0.717, 1.165) is 44.2 Å². The fourth-order valence-electron chi connectivity index (χ4n) is 5.10. The molecule has 2 heterocycles. The van der Waals surface area contributed by atoms with E-state index in [4.69, 9.17) is 9.47 Å². The third-order valence-corrected chi connectivity index (χ3v) is 7.18. The van der Waals surface area contributed by atoms with Crippen molar-refractivity contribution in [1.29, 1.82) is 0 Å². The van der Waals surface area contributed by atoms with Gasteiger partial charge in [-0.1, -0.05) is 24.3 Å². The summed E-state index contributed by atoms with van der Waals surface area (Å²) in [6.07, 6.45) is 3.47. The molecule has 0 bridgehead atoms. The highest BCUT2D eigenvalue weighted by Crippen LogP contribution is 2.34. The van der Waals surface area contributed by atoms with Crippen molar-refractivity contribution in [3.63, 3.8) is 0 Å². The van der Waals surface area contributed by atoms with Crippen molar-refractivity contribution in [1.82, 2.24) is 9.80 Å². The second-order valence-corrected chi connectivity index (χ2v) is 9.40. The lowest BCUT2D eigenvalue weighted by atomic mass is 9.95. The lowest BCUT2D eigenvalue weighted by Gasteiger charge is -2.32. The molecule has 4 heteroatoms. The van der Waals surface area contributed by atoms with Gasteiger partial charge in [0.2, 0.25) is 0 Å². The number of hydrogen-bond donors (Lipinski definition) is 0. The fourth-order valence-corrected chi connectivity index (χ4v) is 5.10. The van der Waals surface area contributed by atoms with Crippen molar-refractivity contribution >= 4 is 10.8 Å². The van der Waals surface area contributed by atoms with Crippen molar-refractivity contribution < 1.29 is 9.47 Å². The summed E-state index contributed by atoms with van der Waals surface area (Å²) in [6.45, 7) is 8.57. The largest absolute Gasteiger partial charge is 0.496 e. The molecule has 168 valence electrons. The van der Waals surface area contributed by atoms with Crippen molar-refractivity contribution in [2.24, 2.45) is 0 Å². The first kappa shape index (κ1) is 21.3. The average Bonchev–Trinajstić information content (AvgIpc) is 2.79. The van der Waals surface area contributed by atoms with Gasteiger partial charge in [0.25, 0.3) is 0 Å². The van der Waals surface area contributed by atoms with E-state index in [1.165, 1.54) is 64.5 Å². The number of rotatable bonds is 8. The van der Waals surface area contributed by atoms with Crippen molar-refractivity contribution in [2.75, 3.05) is 40.3 Å². The van der Waals surface area contributed by atoms with E-state index in [0.29, 0.717) is 0 Å². The van der Waals surface area contributed by atoms with Crippen LogP contribution in [0.1, 0.15) is 34.2 Å². The van der Waals surface area contributed by atoms with Crippen LogP contribution in [0, 0.1) is 6.92 Å². The van der Waals surface area contributed by atoms with E-state index in [1.54, 1.807) is 7.11 Å². The number of aryl methyl sites for hydroxylation is 1. The Morgan fingerprint density at radius 3 is 2.75 bits per heavy atom. The minimum atomic E-state index is 0.798. The first-order valence-corrected chi connectivity index (χ1v) is 11.9. The van der Waals surface area contributed by atoms with E-state index >= 15 is 0 Å². The van der Waals surface area contributed by atoms with E-state index in [2.05, 4.69) is 66.2 Å². The van der Waals surface area contributed by atoms with Crippen LogP contribution >= 0.6 is 0 Å². The van der Waals surface area contributed by atoms with Gasteiger partial charge in [0, 0.05) is 25.2 Å². The Morgan fingerprint density at radius 2 is 1.94 bits per heavy atom. The minimum absolute atomic E-state index is 0.798. The van der Waals surface area contributed by atoms with Gasteiger partial charge in [-0.2, -0.15) is 0 Å². The van der Waals surface area contributed by atoms with Gasteiger partial charge in [0.05, 0.1) is 7.11 Å². The molecule has 0 N–H and O–H groups in total. The van der Waals surface area contributed by atoms with Crippen molar-refractivity contribution in [2.45, 2.75) is 39.3 Å². The predicted octanol–water partition coefficient (Wildman–Crippen LogP) is 4.97. The van der Waals surface area contributed by atoms with Gasteiger partial charge in [-0.15, -0.1) is 0 Å². The van der Waals surface area contributed by atoms with Crippen LogP contribution in [0.25, 0.3) is 10.8 Å². The fraction of sp³-hybridized carbons (Fsp3) is 0.429. The van der Waals surface area contributed by atoms with E-state index in [-0.39, 0.29) is 0 Å². The summed E-state index contributed by atoms with van der Waals surface area (Å²) < 4.78 is 11.0.